The van der Waals surface area contributed by atoms with Gasteiger partial charge < -0.3 is 31.1 Å². The van der Waals surface area contributed by atoms with Gasteiger partial charge in [0.15, 0.2) is 5.82 Å². The van der Waals surface area contributed by atoms with Crippen molar-refractivity contribution in [2.24, 2.45) is 5.73 Å². The summed E-state index contributed by atoms with van der Waals surface area (Å²) in [6, 6.07) is 11.8. The normalized spacial score (nSPS) is 16.1. The number of aliphatic carboxylic acids is 1. The molecule has 3 aromatic carbocycles. The molecule has 3 amide bonds. The molecule has 5 N–H and O–H groups in total. The van der Waals surface area contributed by atoms with Crippen molar-refractivity contribution in [1.29, 1.82) is 0 Å². The Kier molecular flexibility index (Phi) is 11.2. The zero-order valence-corrected chi connectivity index (χ0v) is 29.3. The maximum absolute atomic E-state index is 15.3. The van der Waals surface area contributed by atoms with Crippen LogP contribution in [0.25, 0.3) is 17.3 Å². The number of nitrogens with zero attached hydrogens (tertiary/aromatic N) is 6. The molecule has 6 rings (SSSR count). The molecular weight excluding hydrogens is 723 g/mol. The number of carbonyl (C=O) groups is 5. The minimum Gasteiger partial charge on any atom is -0.481 e. The first-order valence-electron chi connectivity index (χ1n) is 16.8. The lowest BCUT2D eigenvalue weighted by Crippen LogP contribution is -2.46. The van der Waals surface area contributed by atoms with Gasteiger partial charge in [0.25, 0.3) is 5.91 Å². The molecule has 2 aliphatic rings. The van der Waals surface area contributed by atoms with Gasteiger partial charge in [-0.05, 0) is 94.4 Å². The maximum atomic E-state index is 15.3. The lowest BCUT2D eigenvalue weighted by Gasteiger charge is -2.37. The first-order valence-corrected chi connectivity index (χ1v) is 17.2. The monoisotopic (exact) mass is 756 g/mol. The van der Waals surface area contributed by atoms with Crippen LogP contribution in [0.1, 0.15) is 57.9 Å². The van der Waals surface area contributed by atoms with E-state index in [4.69, 9.17) is 22.4 Å². The van der Waals surface area contributed by atoms with E-state index in [1.54, 1.807) is 17.0 Å². The zero-order chi connectivity index (χ0) is 38.5. The number of halogens is 2. The summed E-state index contributed by atoms with van der Waals surface area (Å²) in [4.78, 5) is 66.3. The molecule has 0 saturated carbocycles. The summed E-state index contributed by atoms with van der Waals surface area (Å²) in [6.07, 6.45) is 6.22. The van der Waals surface area contributed by atoms with Crippen LogP contribution in [0.15, 0.2) is 73.1 Å². The third-order valence-corrected chi connectivity index (χ3v) is 9.60. The molecule has 0 spiro atoms. The summed E-state index contributed by atoms with van der Waals surface area (Å²) in [6.45, 7) is 0.724. The molecular formula is C37H34ClFN8O7. The van der Waals surface area contributed by atoms with E-state index in [0.29, 0.717) is 30.6 Å². The molecule has 15 nitrogen and oxygen atoms in total. The van der Waals surface area contributed by atoms with E-state index in [-0.39, 0.29) is 53.7 Å². The van der Waals surface area contributed by atoms with E-state index in [0.717, 1.165) is 22.8 Å². The Bertz CT molecular complexity index is 2180. The molecule has 278 valence electrons. The third kappa shape index (κ3) is 8.04. The summed E-state index contributed by atoms with van der Waals surface area (Å²) in [5, 5.41) is 31.9. The van der Waals surface area contributed by atoms with Crippen LogP contribution in [0.2, 0.25) is 5.02 Å². The second-order valence-corrected chi connectivity index (χ2v) is 13.0. The van der Waals surface area contributed by atoms with Gasteiger partial charge in [-0.25, -0.2) is 9.18 Å². The Hall–Kier alpha value is -6.26. The molecule has 0 aliphatic carbocycles. The van der Waals surface area contributed by atoms with E-state index >= 15 is 4.39 Å². The number of nitrogens with one attached hydrogen (secondary N) is 1. The first-order chi connectivity index (χ1) is 25.9. The Morgan fingerprint density at radius 2 is 1.81 bits per heavy atom. The van der Waals surface area contributed by atoms with Gasteiger partial charge in [-0.15, -0.1) is 5.10 Å². The maximum Gasteiger partial charge on any atom is 0.335 e. The third-order valence-electron chi connectivity index (χ3n) is 9.30. The summed E-state index contributed by atoms with van der Waals surface area (Å²) in [7, 11) is 0. The number of aromatic nitrogens is 4. The fourth-order valence-corrected chi connectivity index (χ4v) is 6.75. The van der Waals surface area contributed by atoms with E-state index in [2.05, 4.69) is 20.8 Å². The van der Waals surface area contributed by atoms with Gasteiger partial charge in [-0.1, -0.05) is 35.9 Å². The fourth-order valence-electron chi connectivity index (χ4n) is 6.58. The number of amides is 3. The van der Waals surface area contributed by atoms with Crippen molar-refractivity contribution < 1.29 is 38.6 Å². The van der Waals surface area contributed by atoms with Crippen LogP contribution in [0.4, 0.5) is 10.1 Å². The van der Waals surface area contributed by atoms with Crippen molar-refractivity contribution in [1.82, 2.24) is 30.0 Å². The molecule has 1 aromatic heterocycles. The Morgan fingerprint density at radius 3 is 2.48 bits per heavy atom. The van der Waals surface area contributed by atoms with Crippen LogP contribution in [-0.4, -0.2) is 95.6 Å². The lowest BCUT2D eigenvalue weighted by molar-refractivity contribution is -0.137. The summed E-state index contributed by atoms with van der Waals surface area (Å²) in [5.41, 5.74) is 9.66. The predicted molar refractivity (Wildman–Crippen MR) is 194 cm³/mol. The Balaban J connectivity index is 1.31. The minimum atomic E-state index is -1.15. The number of nitrogens with two attached hydrogens (primary N) is 1. The number of aromatic carboxylic acids is 1. The minimum absolute atomic E-state index is 0.0273. The van der Waals surface area contributed by atoms with Crippen molar-refractivity contribution in [3.8, 4) is 5.69 Å². The SMILES string of the molecule is N[C@@H](CCC(=O)O)C(=O)N1CC=C(c2cccc3c2CCN(C(=O)/C=C/c2c(-n4cnnn4)ccc(Cl)c2F)[C@@H]3C(=O)Nc2ccc(C(=O)O)cc2)CC1. The average Bonchev–Trinajstić information content (AvgIpc) is 3.71. The van der Waals surface area contributed by atoms with Crippen LogP contribution in [0.3, 0.4) is 0 Å². The molecule has 54 heavy (non-hydrogen) atoms. The Morgan fingerprint density at radius 1 is 1.04 bits per heavy atom. The van der Waals surface area contributed by atoms with Crippen molar-refractivity contribution in [3.63, 3.8) is 0 Å². The highest BCUT2D eigenvalue weighted by molar-refractivity contribution is 6.31. The predicted octanol–water partition coefficient (Wildman–Crippen LogP) is 3.74. The molecule has 0 unspecified atom stereocenters. The topological polar surface area (TPSA) is 214 Å². The van der Waals surface area contributed by atoms with Gasteiger partial charge in [-0.2, -0.15) is 4.68 Å². The highest BCUT2D eigenvalue weighted by atomic mass is 35.5. The number of hydrogen-bond acceptors (Lipinski definition) is 9. The van der Waals surface area contributed by atoms with Gasteiger partial charge in [0.05, 0.1) is 22.3 Å². The molecule has 3 heterocycles. The number of hydrogen-bond donors (Lipinski definition) is 4. The van der Waals surface area contributed by atoms with Gasteiger partial charge in [-0.3, -0.25) is 19.2 Å². The van der Waals surface area contributed by atoms with Crippen molar-refractivity contribution in [2.75, 3.05) is 25.0 Å². The lowest BCUT2D eigenvalue weighted by atomic mass is 9.84. The van der Waals surface area contributed by atoms with Crippen molar-refractivity contribution >= 4 is 58.6 Å². The number of benzene rings is 3. The van der Waals surface area contributed by atoms with E-state index in [1.807, 2.05) is 12.1 Å². The number of carboxylic acids is 2. The summed E-state index contributed by atoms with van der Waals surface area (Å²) in [5.74, 6) is -4.46. The number of carbonyl (C=O) groups excluding carboxylic acids is 3. The molecule has 0 radical (unpaired) electrons. The van der Waals surface area contributed by atoms with E-state index in [1.165, 1.54) is 58.4 Å². The molecule has 0 saturated heterocycles. The number of carboxylic acid groups (broad SMARTS) is 2. The quantitative estimate of drug-likeness (QED) is 0.162. The smallest absolute Gasteiger partial charge is 0.335 e. The molecule has 4 aromatic rings. The van der Waals surface area contributed by atoms with Crippen LogP contribution in [-0.2, 0) is 25.6 Å². The first kappa shape index (κ1) is 37.5. The summed E-state index contributed by atoms with van der Waals surface area (Å²) >= 11 is 6.08. The number of tetrazole rings is 1. The second-order valence-electron chi connectivity index (χ2n) is 12.6. The van der Waals surface area contributed by atoms with Crippen molar-refractivity contribution in [3.05, 3.63) is 112 Å². The largest absolute Gasteiger partial charge is 0.481 e. The van der Waals surface area contributed by atoms with Crippen LogP contribution < -0.4 is 11.1 Å². The number of rotatable bonds is 11. The molecule has 2 aliphatic heterocycles. The second kappa shape index (κ2) is 16.2. The fraction of sp³-hybridized carbons (Fsp3) is 0.243. The number of fused-ring (bicyclic) bond motifs is 1. The van der Waals surface area contributed by atoms with Gasteiger partial charge in [0.2, 0.25) is 11.8 Å². The average molecular weight is 757 g/mol. The van der Waals surface area contributed by atoms with E-state index in [9.17, 15) is 29.1 Å². The van der Waals surface area contributed by atoms with Crippen LogP contribution in [0, 0.1) is 5.82 Å². The van der Waals surface area contributed by atoms with Gasteiger partial charge >= 0.3 is 11.9 Å². The molecule has 0 fully saturated rings. The van der Waals surface area contributed by atoms with Crippen molar-refractivity contribution in [2.45, 2.75) is 37.8 Å². The van der Waals surface area contributed by atoms with Crippen LogP contribution in [0.5, 0.6) is 0 Å². The molecule has 2 atom stereocenters. The highest BCUT2D eigenvalue weighted by Crippen LogP contribution is 2.37. The zero-order valence-electron chi connectivity index (χ0n) is 28.6. The van der Waals surface area contributed by atoms with Gasteiger partial charge in [0, 0.05) is 43.4 Å². The standard InChI is InChI=1S/C37H34ClFN8O7/c38-28-9-11-30(47-20-41-43-44-47)27(33(28)39)8-12-31(48)46-19-16-25-24(21-14-17-45(18-15-21)36(52)29(40)10-13-32(49)50)2-1-3-26(25)34(46)35(51)42-23-6-4-22(5-7-23)37(53)54/h1-9,11-12,14,20,29,34H,10,13,15-19,40H2,(H,42,51)(H,49,50)(H,53,54)/b12-8+/t29-,34-/m0/s1. The van der Waals surface area contributed by atoms with Gasteiger partial charge in [0.1, 0.15) is 12.4 Å². The molecule has 0 bridgehead atoms. The van der Waals surface area contributed by atoms with E-state index < -0.39 is 41.7 Å². The molecule has 17 heteroatoms. The number of anilines is 1. The Labute approximate surface area is 312 Å². The highest BCUT2D eigenvalue weighted by Gasteiger charge is 2.37. The summed E-state index contributed by atoms with van der Waals surface area (Å²) < 4.78 is 16.5. The van der Waals surface area contributed by atoms with Crippen LogP contribution >= 0.6 is 11.6 Å².